The second-order valence-corrected chi connectivity index (χ2v) is 9.65. The van der Waals surface area contributed by atoms with Crippen LogP contribution in [0.5, 0.6) is 17.2 Å². The molecule has 1 aliphatic heterocycles. The third-order valence-corrected chi connectivity index (χ3v) is 7.28. The number of nitrogens with zero attached hydrogens (tertiary/aromatic N) is 2. The number of aromatic nitrogens is 1. The molecule has 1 aliphatic rings. The smallest absolute Gasteiger partial charge is 0.301 e. The summed E-state index contributed by atoms with van der Waals surface area (Å²) in [7, 11) is 3.14. The zero-order valence-electron chi connectivity index (χ0n) is 21.1. The van der Waals surface area contributed by atoms with Gasteiger partial charge in [0.05, 0.1) is 42.7 Å². The number of Topliss-reactive ketones (excluding diaryl/α,β-unsaturated/α-hetero) is 1. The van der Waals surface area contributed by atoms with Crippen LogP contribution in [0.2, 0.25) is 0 Å². The second-order valence-electron chi connectivity index (χ2n) is 8.65. The molecule has 1 amide bonds. The van der Waals surface area contributed by atoms with E-state index in [1.54, 1.807) is 74.9 Å². The lowest BCUT2D eigenvalue weighted by Crippen LogP contribution is -2.29. The molecule has 38 heavy (non-hydrogen) atoms. The molecule has 2 heterocycles. The summed E-state index contributed by atoms with van der Waals surface area (Å²) in [6, 6.07) is 18.4. The van der Waals surface area contributed by atoms with Crippen molar-refractivity contribution in [2.45, 2.75) is 19.4 Å². The van der Waals surface area contributed by atoms with Crippen molar-refractivity contribution in [2.24, 2.45) is 0 Å². The first-order valence-electron chi connectivity index (χ1n) is 12.1. The van der Waals surface area contributed by atoms with Crippen LogP contribution in [-0.2, 0) is 9.59 Å². The second kappa shape index (κ2) is 10.5. The van der Waals surface area contributed by atoms with Crippen molar-refractivity contribution in [3.05, 3.63) is 83.4 Å². The van der Waals surface area contributed by atoms with Crippen LogP contribution in [0.15, 0.2) is 72.3 Å². The Bertz CT molecular complexity index is 1530. The highest BCUT2D eigenvalue weighted by Crippen LogP contribution is 2.45. The number of methoxy groups -OCH3 is 2. The summed E-state index contributed by atoms with van der Waals surface area (Å²) in [4.78, 5) is 32.9. The van der Waals surface area contributed by atoms with Crippen molar-refractivity contribution >= 4 is 44.1 Å². The molecule has 0 bridgehead atoms. The fourth-order valence-corrected chi connectivity index (χ4v) is 5.36. The molecule has 9 heteroatoms. The monoisotopic (exact) mass is 530 g/mol. The van der Waals surface area contributed by atoms with Gasteiger partial charge in [-0.25, -0.2) is 4.98 Å². The van der Waals surface area contributed by atoms with Gasteiger partial charge >= 0.3 is 5.91 Å². The summed E-state index contributed by atoms with van der Waals surface area (Å²) in [6.07, 6.45) is 0.867. The number of aliphatic hydroxyl groups excluding tert-OH is 1. The largest absolute Gasteiger partial charge is 0.507 e. The number of ether oxygens (including phenoxy) is 3. The van der Waals surface area contributed by atoms with Crippen molar-refractivity contribution < 1.29 is 28.9 Å². The molecule has 1 saturated heterocycles. The Labute approximate surface area is 223 Å². The van der Waals surface area contributed by atoms with Crippen LogP contribution in [0.4, 0.5) is 5.13 Å². The first kappa shape index (κ1) is 25.3. The summed E-state index contributed by atoms with van der Waals surface area (Å²) >= 11 is 1.27. The van der Waals surface area contributed by atoms with Gasteiger partial charge in [0, 0.05) is 5.56 Å². The van der Waals surface area contributed by atoms with Crippen LogP contribution in [0.1, 0.15) is 30.5 Å². The van der Waals surface area contributed by atoms with Gasteiger partial charge in [-0.3, -0.25) is 14.5 Å². The minimum absolute atomic E-state index is 0.0146. The minimum atomic E-state index is -0.889. The Hall–Kier alpha value is -4.37. The van der Waals surface area contributed by atoms with Gasteiger partial charge < -0.3 is 19.3 Å². The number of carbonyl (C=O) groups is 2. The molecule has 1 N–H and O–H groups in total. The van der Waals surface area contributed by atoms with E-state index in [1.807, 2.05) is 13.0 Å². The van der Waals surface area contributed by atoms with Crippen molar-refractivity contribution in [3.63, 3.8) is 0 Å². The van der Waals surface area contributed by atoms with E-state index < -0.39 is 17.7 Å². The molecule has 4 aromatic rings. The van der Waals surface area contributed by atoms with E-state index >= 15 is 0 Å². The highest BCUT2D eigenvalue weighted by atomic mass is 32.1. The number of amides is 1. The van der Waals surface area contributed by atoms with E-state index in [9.17, 15) is 14.7 Å². The first-order valence-corrected chi connectivity index (χ1v) is 12.9. The number of anilines is 1. The van der Waals surface area contributed by atoms with Gasteiger partial charge in [-0.15, -0.1) is 0 Å². The lowest BCUT2D eigenvalue weighted by Gasteiger charge is -2.23. The Morgan fingerprint density at radius 2 is 1.61 bits per heavy atom. The maximum absolute atomic E-state index is 13.5. The van der Waals surface area contributed by atoms with Gasteiger partial charge in [-0.1, -0.05) is 30.4 Å². The number of fused-ring (bicyclic) bond motifs is 1. The summed E-state index contributed by atoms with van der Waals surface area (Å²) in [5, 5.41) is 11.7. The van der Waals surface area contributed by atoms with Gasteiger partial charge in [0.15, 0.2) is 5.13 Å². The zero-order chi connectivity index (χ0) is 26.8. The average Bonchev–Trinajstić information content (AvgIpc) is 3.49. The SMILES string of the molecule is CCCOc1ccc(/C(O)=C2\C(=O)C(=O)N(c3nc4ccc(OC)cc4s3)C2c2ccc(OC)cc2)cc1. The predicted molar refractivity (Wildman–Crippen MR) is 146 cm³/mol. The molecule has 194 valence electrons. The lowest BCUT2D eigenvalue weighted by molar-refractivity contribution is -0.132. The third-order valence-electron chi connectivity index (χ3n) is 6.27. The Morgan fingerprint density at radius 1 is 0.947 bits per heavy atom. The Kier molecular flexibility index (Phi) is 7.02. The lowest BCUT2D eigenvalue weighted by atomic mass is 9.95. The van der Waals surface area contributed by atoms with E-state index in [2.05, 4.69) is 4.98 Å². The molecule has 8 nitrogen and oxygen atoms in total. The number of ketones is 1. The van der Waals surface area contributed by atoms with Crippen molar-refractivity contribution in [3.8, 4) is 17.2 Å². The zero-order valence-corrected chi connectivity index (χ0v) is 22.0. The summed E-state index contributed by atoms with van der Waals surface area (Å²) in [5.74, 6) is 0.123. The molecule has 1 unspecified atom stereocenters. The molecule has 1 aromatic heterocycles. The highest BCUT2D eigenvalue weighted by Gasteiger charge is 2.48. The Balaban J connectivity index is 1.64. The molecule has 3 aromatic carbocycles. The normalized spacial score (nSPS) is 16.7. The van der Waals surface area contributed by atoms with Crippen LogP contribution in [-0.4, -0.2) is 42.6 Å². The minimum Gasteiger partial charge on any atom is -0.507 e. The molecule has 1 fully saturated rings. The van der Waals surface area contributed by atoms with Gasteiger partial charge in [-0.2, -0.15) is 0 Å². The summed E-state index contributed by atoms with van der Waals surface area (Å²) < 4.78 is 17.0. The quantitative estimate of drug-likeness (QED) is 0.177. The molecule has 0 spiro atoms. The van der Waals surface area contributed by atoms with Gasteiger partial charge in [-0.05, 0) is 66.6 Å². The van der Waals surface area contributed by atoms with E-state index in [0.717, 1.165) is 11.1 Å². The fraction of sp³-hybridized carbons (Fsp3) is 0.207. The molecule has 1 atom stereocenters. The van der Waals surface area contributed by atoms with Crippen molar-refractivity contribution in [1.29, 1.82) is 0 Å². The van der Waals surface area contributed by atoms with Gasteiger partial charge in [0.2, 0.25) is 0 Å². The molecular weight excluding hydrogens is 504 g/mol. The molecule has 0 saturated carbocycles. The van der Waals surface area contributed by atoms with Crippen LogP contribution in [0, 0.1) is 0 Å². The van der Waals surface area contributed by atoms with Crippen molar-refractivity contribution in [2.75, 3.05) is 25.7 Å². The fourth-order valence-electron chi connectivity index (χ4n) is 4.34. The standard InChI is InChI=1S/C29H26N2O6S/c1-4-15-37-20-11-7-18(8-12-20)26(32)24-25(17-5-9-19(35-2)10-6-17)31(28(34)27(24)33)29-30-22-14-13-21(36-3)16-23(22)38-29/h5-14,16,25,32H,4,15H2,1-3H3/b26-24+. The summed E-state index contributed by atoms with van der Waals surface area (Å²) in [5.41, 5.74) is 1.69. The number of hydrogen-bond acceptors (Lipinski definition) is 8. The number of aliphatic hydroxyl groups is 1. The van der Waals surface area contributed by atoms with Crippen LogP contribution in [0.3, 0.4) is 0 Å². The van der Waals surface area contributed by atoms with Crippen LogP contribution >= 0.6 is 11.3 Å². The van der Waals surface area contributed by atoms with E-state index in [4.69, 9.17) is 14.2 Å². The molecular formula is C29H26N2O6S. The third kappa shape index (κ3) is 4.56. The van der Waals surface area contributed by atoms with Crippen LogP contribution in [0.25, 0.3) is 16.0 Å². The first-order chi connectivity index (χ1) is 18.4. The van der Waals surface area contributed by atoms with Crippen LogP contribution < -0.4 is 19.1 Å². The maximum Gasteiger partial charge on any atom is 0.301 e. The summed E-state index contributed by atoms with van der Waals surface area (Å²) in [6.45, 7) is 2.59. The van der Waals surface area contributed by atoms with Gasteiger partial charge in [0.1, 0.15) is 23.0 Å². The van der Waals surface area contributed by atoms with E-state index in [1.165, 1.54) is 16.2 Å². The number of carbonyl (C=O) groups excluding carboxylic acids is 2. The van der Waals surface area contributed by atoms with E-state index in [-0.39, 0.29) is 11.3 Å². The number of thiazole rings is 1. The van der Waals surface area contributed by atoms with Crippen molar-refractivity contribution in [1.82, 2.24) is 4.98 Å². The molecule has 0 aliphatic carbocycles. The average molecular weight is 531 g/mol. The number of benzene rings is 3. The predicted octanol–water partition coefficient (Wildman–Crippen LogP) is 5.73. The highest BCUT2D eigenvalue weighted by molar-refractivity contribution is 7.22. The number of hydrogen-bond donors (Lipinski definition) is 1. The maximum atomic E-state index is 13.5. The topological polar surface area (TPSA) is 98.2 Å². The number of rotatable bonds is 8. The molecule has 5 rings (SSSR count). The molecule has 0 radical (unpaired) electrons. The van der Waals surface area contributed by atoms with E-state index in [0.29, 0.717) is 45.6 Å². The Morgan fingerprint density at radius 3 is 2.26 bits per heavy atom. The van der Waals surface area contributed by atoms with Gasteiger partial charge in [0.25, 0.3) is 5.78 Å².